The Morgan fingerprint density at radius 3 is 2.68 bits per heavy atom. The number of allylic oxidation sites excluding steroid dienone is 1. The van der Waals surface area contributed by atoms with Gasteiger partial charge >= 0.3 is 5.97 Å². The summed E-state index contributed by atoms with van der Waals surface area (Å²) in [4.78, 5) is 34.8. The molecule has 4 heteroatoms. The number of rotatable bonds is 6. The fourth-order valence-electron chi connectivity index (χ4n) is 2.83. The average Bonchev–Trinajstić information content (AvgIpc) is 2.31. The smallest absolute Gasteiger partial charge is 0.302 e. The van der Waals surface area contributed by atoms with E-state index in [1.165, 1.54) is 13.8 Å². The molecule has 0 bridgehead atoms. The maximum Gasteiger partial charge on any atom is 0.302 e. The van der Waals surface area contributed by atoms with Crippen molar-refractivity contribution in [2.24, 2.45) is 5.41 Å². The second-order valence-electron chi connectivity index (χ2n) is 5.26. The van der Waals surface area contributed by atoms with E-state index in [-0.39, 0.29) is 17.5 Å². The maximum absolute atomic E-state index is 12.4. The van der Waals surface area contributed by atoms with E-state index in [0.717, 1.165) is 6.42 Å². The number of ether oxygens (including phenoxy) is 1. The van der Waals surface area contributed by atoms with Gasteiger partial charge in [0.05, 0.1) is 5.41 Å². The van der Waals surface area contributed by atoms with E-state index >= 15 is 0 Å². The SMILES string of the molecule is C=CC[C@@]1(CCC(C)=O)C(=O)CCC[C@@H]1OC(C)=O. The van der Waals surface area contributed by atoms with E-state index in [2.05, 4.69) is 6.58 Å². The first-order chi connectivity index (χ1) is 8.92. The van der Waals surface area contributed by atoms with Crippen LogP contribution in [0.25, 0.3) is 0 Å². The van der Waals surface area contributed by atoms with E-state index < -0.39 is 11.5 Å². The summed E-state index contributed by atoms with van der Waals surface area (Å²) < 4.78 is 5.34. The molecule has 0 amide bonds. The lowest BCUT2D eigenvalue weighted by Gasteiger charge is -2.41. The molecule has 0 N–H and O–H groups in total. The highest BCUT2D eigenvalue weighted by Crippen LogP contribution is 2.43. The second-order valence-corrected chi connectivity index (χ2v) is 5.26. The van der Waals surface area contributed by atoms with E-state index in [4.69, 9.17) is 4.74 Å². The molecule has 0 aromatic rings. The van der Waals surface area contributed by atoms with Crippen molar-refractivity contribution in [1.29, 1.82) is 0 Å². The number of esters is 1. The average molecular weight is 266 g/mol. The van der Waals surface area contributed by atoms with Crippen molar-refractivity contribution in [2.45, 2.75) is 58.5 Å². The van der Waals surface area contributed by atoms with Gasteiger partial charge in [0.2, 0.25) is 0 Å². The van der Waals surface area contributed by atoms with Crippen molar-refractivity contribution in [3.05, 3.63) is 12.7 Å². The minimum absolute atomic E-state index is 0.0448. The number of hydrogen-bond donors (Lipinski definition) is 0. The van der Waals surface area contributed by atoms with Crippen LogP contribution in [0.1, 0.15) is 52.4 Å². The summed E-state index contributed by atoms with van der Waals surface area (Å²) >= 11 is 0. The summed E-state index contributed by atoms with van der Waals surface area (Å²) in [7, 11) is 0. The Morgan fingerprint density at radius 1 is 1.47 bits per heavy atom. The Kier molecular flexibility index (Phi) is 5.45. The topological polar surface area (TPSA) is 60.4 Å². The zero-order chi connectivity index (χ0) is 14.5. The van der Waals surface area contributed by atoms with E-state index in [9.17, 15) is 14.4 Å². The summed E-state index contributed by atoms with van der Waals surface area (Å²) in [5, 5.41) is 0. The van der Waals surface area contributed by atoms with Crippen LogP contribution in [0.15, 0.2) is 12.7 Å². The first kappa shape index (κ1) is 15.6. The number of carbonyl (C=O) groups excluding carboxylic acids is 3. The Bertz CT molecular complexity index is 386. The minimum atomic E-state index is -0.753. The quantitative estimate of drug-likeness (QED) is 0.547. The monoisotopic (exact) mass is 266 g/mol. The molecule has 0 saturated heterocycles. The lowest BCUT2D eigenvalue weighted by atomic mass is 9.65. The molecule has 4 nitrogen and oxygen atoms in total. The Morgan fingerprint density at radius 2 is 2.16 bits per heavy atom. The van der Waals surface area contributed by atoms with Gasteiger partial charge in [-0.3, -0.25) is 9.59 Å². The van der Waals surface area contributed by atoms with Crippen molar-refractivity contribution in [3.8, 4) is 0 Å². The third-order valence-electron chi connectivity index (χ3n) is 3.78. The Balaban J connectivity index is 3.01. The summed E-state index contributed by atoms with van der Waals surface area (Å²) in [5.74, 6) is -0.245. The highest BCUT2D eigenvalue weighted by molar-refractivity contribution is 5.87. The highest BCUT2D eigenvalue weighted by Gasteiger charge is 2.48. The summed E-state index contributed by atoms with van der Waals surface area (Å²) in [5.41, 5.74) is -0.753. The van der Waals surface area contributed by atoms with Crippen LogP contribution in [0.2, 0.25) is 0 Å². The summed E-state index contributed by atoms with van der Waals surface area (Å²) in [6.45, 7) is 6.56. The van der Waals surface area contributed by atoms with Crippen LogP contribution < -0.4 is 0 Å². The van der Waals surface area contributed by atoms with Gasteiger partial charge in [-0.05, 0) is 32.6 Å². The third-order valence-corrected chi connectivity index (χ3v) is 3.78. The minimum Gasteiger partial charge on any atom is -0.461 e. The van der Waals surface area contributed by atoms with Crippen LogP contribution in [0.3, 0.4) is 0 Å². The van der Waals surface area contributed by atoms with Gasteiger partial charge < -0.3 is 9.53 Å². The number of carbonyl (C=O) groups is 3. The molecule has 106 valence electrons. The first-order valence-corrected chi connectivity index (χ1v) is 6.73. The van der Waals surface area contributed by atoms with Crippen molar-refractivity contribution in [2.75, 3.05) is 0 Å². The van der Waals surface area contributed by atoms with Gasteiger partial charge in [0.25, 0.3) is 0 Å². The predicted octanol–water partition coefficient (Wildman–Crippen LogP) is 2.60. The van der Waals surface area contributed by atoms with Gasteiger partial charge in [0.1, 0.15) is 17.7 Å². The Labute approximate surface area is 114 Å². The Hall–Kier alpha value is -1.45. The van der Waals surface area contributed by atoms with Gasteiger partial charge in [0.15, 0.2) is 0 Å². The van der Waals surface area contributed by atoms with Crippen molar-refractivity contribution >= 4 is 17.5 Å². The van der Waals surface area contributed by atoms with Crippen molar-refractivity contribution in [1.82, 2.24) is 0 Å². The number of ketones is 2. The fourth-order valence-corrected chi connectivity index (χ4v) is 2.83. The lowest BCUT2D eigenvalue weighted by molar-refractivity contribution is -0.163. The van der Waals surface area contributed by atoms with Crippen LogP contribution in [0.4, 0.5) is 0 Å². The molecule has 0 spiro atoms. The largest absolute Gasteiger partial charge is 0.461 e. The van der Waals surface area contributed by atoms with Crippen LogP contribution in [0, 0.1) is 5.41 Å². The van der Waals surface area contributed by atoms with E-state index in [1.54, 1.807) is 6.08 Å². The molecule has 1 rings (SSSR count). The summed E-state index contributed by atoms with van der Waals surface area (Å²) in [6, 6.07) is 0. The standard InChI is InChI=1S/C15H22O4/c1-4-9-15(10-8-11(2)16)13(18)6-5-7-14(15)19-12(3)17/h4,14H,1,5-10H2,2-3H3/t14-,15+/m0/s1. The molecule has 1 aliphatic rings. The fraction of sp³-hybridized carbons (Fsp3) is 0.667. The molecule has 1 saturated carbocycles. The van der Waals surface area contributed by atoms with Crippen LogP contribution in [0.5, 0.6) is 0 Å². The molecule has 0 radical (unpaired) electrons. The van der Waals surface area contributed by atoms with Crippen LogP contribution in [-0.4, -0.2) is 23.6 Å². The molecule has 0 heterocycles. The predicted molar refractivity (Wildman–Crippen MR) is 71.6 cm³/mol. The third kappa shape index (κ3) is 3.75. The lowest BCUT2D eigenvalue weighted by Crippen LogP contribution is -2.47. The van der Waals surface area contributed by atoms with Gasteiger partial charge in [0, 0.05) is 19.8 Å². The van der Waals surface area contributed by atoms with E-state index in [0.29, 0.717) is 32.1 Å². The molecule has 2 atom stereocenters. The van der Waals surface area contributed by atoms with Crippen molar-refractivity contribution in [3.63, 3.8) is 0 Å². The molecule has 19 heavy (non-hydrogen) atoms. The summed E-state index contributed by atoms with van der Waals surface area (Å²) in [6.07, 6.45) is 4.37. The van der Waals surface area contributed by atoms with Gasteiger partial charge in [-0.2, -0.15) is 0 Å². The maximum atomic E-state index is 12.4. The molecule has 0 aliphatic heterocycles. The van der Waals surface area contributed by atoms with Crippen LogP contribution in [-0.2, 0) is 19.1 Å². The van der Waals surface area contributed by atoms with Gasteiger partial charge in [-0.15, -0.1) is 6.58 Å². The molecular formula is C15H22O4. The molecule has 1 aliphatic carbocycles. The van der Waals surface area contributed by atoms with E-state index in [1.807, 2.05) is 0 Å². The highest BCUT2D eigenvalue weighted by atomic mass is 16.5. The normalized spacial score (nSPS) is 26.8. The van der Waals surface area contributed by atoms with Gasteiger partial charge in [-0.1, -0.05) is 6.08 Å². The zero-order valence-electron chi connectivity index (χ0n) is 11.7. The van der Waals surface area contributed by atoms with Crippen LogP contribution >= 0.6 is 0 Å². The van der Waals surface area contributed by atoms with Crippen molar-refractivity contribution < 1.29 is 19.1 Å². The molecule has 1 fully saturated rings. The second kappa shape index (κ2) is 6.64. The number of hydrogen-bond acceptors (Lipinski definition) is 4. The molecule has 0 aromatic heterocycles. The number of Topliss-reactive ketones (excluding diaryl/α,β-unsaturated/α-hetero) is 2. The molecule has 0 unspecified atom stereocenters. The van der Waals surface area contributed by atoms with Gasteiger partial charge in [-0.25, -0.2) is 0 Å². The molecular weight excluding hydrogens is 244 g/mol. The first-order valence-electron chi connectivity index (χ1n) is 6.73. The zero-order valence-corrected chi connectivity index (χ0v) is 11.7. The molecule has 0 aromatic carbocycles.